The molecule has 0 spiro atoms. The zero-order chi connectivity index (χ0) is 19.9. The van der Waals surface area contributed by atoms with E-state index in [1.807, 2.05) is 31.4 Å². The second kappa shape index (κ2) is 7.03. The van der Waals surface area contributed by atoms with Gasteiger partial charge in [-0.25, -0.2) is 14.6 Å². The van der Waals surface area contributed by atoms with Crippen molar-refractivity contribution in [2.45, 2.75) is 51.3 Å². The van der Waals surface area contributed by atoms with Gasteiger partial charge in [-0.2, -0.15) is 0 Å². The van der Waals surface area contributed by atoms with Crippen LogP contribution >= 0.6 is 11.6 Å². The number of methoxy groups -OCH3 is 1. The Morgan fingerprint density at radius 2 is 1.96 bits per heavy atom. The number of halogens is 1. The molecule has 0 atom stereocenters. The molecule has 0 bridgehead atoms. The molecule has 8 heteroatoms. The van der Waals surface area contributed by atoms with Crippen LogP contribution in [-0.2, 0) is 9.47 Å². The molecular formula is C19H24ClN3O4. The van der Waals surface area contributed by atoms with Crippen molar-refractivity contribution >= 4 is 34.7 Å². The number of ether oxygens (including phenoxy) is 2. The van der Waals surface area contributed by atoms with Gasteiger partial charge in [0.25, 0.3) is 0 Å². The highest BCUT2D eigenvalue weighted by Gasteiger charge is 2.39. The highest BCUT2D eigenvalue weighted by molar-refractivity contribution is 6.29. The lowest BCUT2D eigenvalue weighted by molar-refractivity contribution is 0.00757. The maximum Gasteiger partial charge on any atom is 0.410 e. The molecule has 7 nitrogen and oxygen atoms in total. The summed E-state index contributed by atoms with van der Waals surface area (Å²) >= 11 is 6.05. The SMILES string of the molecule is COC(=O)c1cc2ccc(Cl)nc2n1C1CC(N(C)C(=O)OC(C)(C)C)C1. The number of hydrogen-bond donors (Lipinski definition) is 0. The van der Waals surface area contributed by atoms with Crippen molar-refractivity contribution in [3.05, 3.63) is 29.0 Å². The second-order valence-corrected chi connectivity index (χ2v) is 8.20. The number of esters is 1. The van der Waals surface area contributed by atoms with Crippen LogP contribution in [0, 0.1) is 0 Å². The fourth-order valence-electron chi connectivity index (χ4n) is 3.27. The van der Waals surface area contributed by atoms with E-state index in [4.69, 9.17) is 21.1 Å². The lowest BCUT2D eigenvalue weighted by Crippen LogP contribution is -2.48. The van der Waals surface area contributed by atoms with Gasteiger partial charge in [-0.15, -0.1) is 0 Å². The molecule has 1 saturated carbocycles. The van der Waals surface area contributed by atoms with Gasteiger partial charge in [0.1, 0.15) is 22.1 Å². The Labute approximate surface area is 163 Å². The van der Waals surface area contributed by atoms with Gasteiger partial charge in [0.05, 0.1) is 7.11 Å². The van der Waals surface area contributed by atoms with Gasteiger partial charge in [0.2, 0.25) is 0 Å². The highest BCUT2D eigenvalue weighted by atomic mass is 35.5. The zero-order valence-corrected chi connectivity index (χ0v) is 16.9. The maximum atomic E-state index is 12.3. The number of rotatable bonds is 3. The first-order valence-corrected chi connectivity index (χ1v) is 9.20. The molecule has 0 aliphatic heterocycles. The van der Waals surface area contributed by atoms with Crippen LogP contribution in [0.5, 0.6) is 0 Å². The Morgan fingerprint density at radius 3 is 2.56 bits per heavy atom. The molecular weight excluding hydrogens is 370 g/mol. The average molecular weight is 394 g/mol. The lowest BCUT2D eigenvalue weighted by atomic mass is 9.85. The van der Waals surface area contributed by atoms with Gasteiger partial charge >= 0.3 is 12.1 Å². The molecule has 2 aromatic rings. The van der Waals surface area contributed by atoms with E-state index in [0.717, 1.165) is 5.39 Å². The van der Waals surface area contributed by atoms with Crippen LogP contribution in [0.15, 0.2) is 18.2 Å². The molecule has 146 valence electrons. The number of aromatic nitrogens is 2. The van der Waals surface area contributed by atoms with Gasteiger partial charge in [0.15, 0.2) is 0 Å². The smallest absolute Gasteiger partial charge is 0.410 e. The van der Waals surface area contributed by atoms with Gasteiger partial charge in [0, 0.05) is 24.5 Å². The van der Waals surface area contributed by atoms with Gasteiger partial charge in [-0.05, 0) is 51.8 Å². The number of hydrogen-bond acceptors (Lipinski definition) is 5. The summed E-state index contributed by atoms with van der Waals surface area (Å²) in [6.07, 6.45) is 1.03. The molecule has 27 heavy (non-hydrogen) atoms. The molecule has 0 aromatic carbocycles. The summed E-state index contributed by atoms with van der Waals surface area (Å²) in [5, 5.41) is 1.18. The van der Waals surface area contributed by atoms with E-state index in [9.17, 15) is 9.59 Å². The third kappa shape index (κ3) is 3.88. The number of nitrogens with zero attached hydrogens (tertiary/aromatic N) is 3. The monoisotopic (exact) mass is 393 g/mol. The number of carbonyl (C=O) groups is 2. The van der Waals surface area contributed by atoms with E-state index in [-0.39, 0.29) is 18.2 Å². The van der Waals surface area contributed by atoms with Crippen molar-refractivity contribution in [3.63, 3.8) is 0 Å². The molecule has 1 aliphatic rings. The van der Waals surface area contributed by atoms with Crippen LogP contribution < -0.4 is 0 Å². The third-order valence-electron chi connectivity index (χ3n) is 4.73. The molecule has 2 aromatic heterocycles. The number of pyridine rings is 1. The molecule has 3 rings (SSSR count). The predicted molar refractivity (Wildman–Crippen MR) is 102 cm³/mol. The first-order chi connectivity index (χ1) is 12.6. The largest absolute Gasteiger partial charge is 0.464 e. The van der Waals surface area contributed by atoms with Gasteiger partial charge in [-0.3, -0.25) is 0 Å². The second-order valence-electron chi connectivity index (χ2n) is 7.81. The van der Waals surface area contributed by atoms with E-state index in [2.05, 4.69) is 4.98 Å². The quantitative estimate of drug-likeness (QED) is 0.581. The Bertz CT molecular complexity index is 881. The van der Waals surface area contributed by atoms with Crippen LogP contribution in [0.2, 0.25) is 5.15 Å². The van der Waals surface area contributed by atoms with E-state index >= 15 is 0 Å². The van der Waals surface area contributed by atoms with E-state index in [0.29, 0.717) is 29.3 Å². The van der Waals surface area contributed by atoms with Crippen molar-refractivity contribution in [2.24, 2.45) is 0 Å². The Kier molecular flexibility index (Phi) is 5.08. The summed E-state index contributed by atoms with van der Waals surface area (Å²) in [6.45, 7) is 5.52. The van der Waals surface area contributed by atoms with Crippen LogP contribution in [0.1, 0.15) is 50.1 Å². The minimum Gasteiger partial charge on any atom is -0.464 e. The Morgan fingerprint density at radius 1 is 1.30 bits per heavy atom. The first kappa shape index (κ1) is 19.5. The van der Waals surface area contributed by atoms with E-state index in [1.54, 1.807) is 24.1 Å². The van der Waals surface area contributed by atoms with Crippen LogP contribution in [0.3, 0.4) is 0 Å². The standard InChI is InChI=1S/C19H24ClN3O4/c1-19(2,3)27-18(25)22(4)12-9-13(10-12)23-14(17(24)26-5)8-11-6-7-15(20)21-16(11)23/h6-8,12-13H,9-10H2,1-5H3. The van der Waals surface area contributed by atoms with Crippen LogP contribution in [-0.4, -0.2) is 52.3 Å². The van der Waals surface area contributed by atoms with Crippen LogP contribution in [0.25, 0.3) is 11.0 Å². The summed E-state index contributed by atoms with van der Waals surface area (Å²) < 4.78 is 12.2. The lowest BCUT2D eigenvalue weighted by Gasteiger charge is -2.42. The topological polar surface area (TPSA) is 73.7 Å². The molecule has 0 saturated heterocycles. The van der Waals surface area contributed by atoms with Crippen molar-refractivity contribution in [1.82, 2.24) is 14.5 Å². The molecule has 2 heterocycles. The number of amides is 1. The van der Waals surface area contributed by atoms with E-state index in [1.165, 1.54) is 7.11 Å². The Balaban J connectivity index is 1.82. The summed E-state index contributed by atoms with van der Waals surface area (Å²) in [7, 11) is 3.09. The van der Waals surface area contributed by atoms with Crippen molar-refractivity contribution in [3.8, 4) is 0 Å². The van der Waals surface area contributed by atoms with Crippen molar-refractivity contribution < 1.29 is 19.1 Å². The molecule has 1 aliphatic carbocycles. The van der Waals surface area contributed by atoms with Gasteiger partial charge in [-0.1, -0.05) is 11.6 Å². The highest BCUT2D eigenvalue weighted by Crippen LogP contribution is 2.39. The van der Waals surface area contributed by atoms with Crippen molar-refractivity contribution in [1.29, 1.82) is 0 Å². The molecule has 1 amide bonds. The third-order valence-corrected chi connectivity index (χ3v) is 4.94. The predicted octanol–water partition coefficient (Wildman–Crippen LogP) is 4.05. The normalized spacial score (nSPS) is 19.5. The fraction of sp³-hybridized carbons (Fsp3) is 0.526. The zero-order valence-electron chi connectivity index (χ0n) is 16.2. The molecule has 0 N–H and O–H groups in total. The molecule has 0 unspecified atom stereocenters. The van der Waals surface area contributed by atoms with E-state index < -0.39 is 11.6 Å². The summed E-state index contributed by atoms with van der Waals surface area (Å²) in [6, 6.07) is 5.34. The first-order valence-electron chi connectivity index (χ1n) is 8.82. The number of carbonyl (C=O) groups excluding carboxylic acids is 2. The Hall–Kier alpha value is -2.28. The maximum absolute atomic E-state index is 12.3. The van der Waals surface area contributed by atoms with Gasteiger partial charge < -0.3 is 18.9 Å². The summed E-state index contributed by atoms with van der Waals surface area (Å²) in [5.41, 5.74) is 0.543. The minimum absolute atomic E-state index is 0.0254. The fourth-order valence-corrected chi connectivity index (χ4v) is 3.42. The van der Waals surface area contributed by atoms with Crippen molar-refractivity contribution in [2.75, 3.05) is 14.2 Å². The van der Waals surface area contributed by atoms with Crippen LogP contribution in [0.4, 0.5) is 4.79 Å². The minimum atomic E-state index is -0.538. The summed E-state index contributed by atoms with van der Waals surface area (Å²) in [5.74, 6) is -0.423. The average Bonchev–Trinajstić information content (AvgIpc) is 2.89. The molecule has 1 fully saturated rings. The summed E-state index contributed by atoms with van der Waals surface area (Å²) in [4.78, 5) is 30.5. The molecule has 0 radical (unpaired) electrons. The number of fused-ring (bicyclic) bond motifs is 1.